The van der Waals surface area contributed by atoms with Gasteiger partial charge >= 0.3 is 6.18 Å². The normalized spacial score (nSPS) is 13.4. The first-order valence-corrected chi connectivity index (χ1v) is 4.73. The van der Waals surface area contributed by atoms with Crippen molar-refractivity contribution >= 4 is 0 Å². The van der Waals surface area contributed by atoms with Crippen LogP contribution in [0.3, 0.4) is 0 Å². The second-order valence-corrected chi connectivity index (χ2v) is 3.69. The molecule has 0 N–H and O–H groups in total. The van der Waals surface area contributed by atoms with Gasteiger partial charge in [0.2, 0.25) is 0 Å². The molecule has 0 fully saturated rings. The molecular formula is C9H19F3N+. The largest absolute Gasteiger partial charge is 0.389 e. The van der Waals surface area contributed by atoms with Crippen molar-refractivity contribution in [2.75, 3.05) is 26.7 Å². The maximum absolute atomic E-state index is 11.8. The molecule has 0 heterocycles. The second-order valence-electron chi connectivity index (χ2n) is 3.69. The van der Waals surface area contributed by atoms with Crippen molar-refractivity contribution in [3.05, 3.63) is 0 Å². The first kappa shape index (κ1) is 12.8. The van der Waals surface area contributed by atoms with E-state index in [0.29, 0.717) is 6.54 Å². The summed E-state index contributed by atoms with van der Waals surface area (Å²) in [4.78, 5) is 0. The number of alkyl halides is 3. The predicted molar refractivity (Wildman–Crippen MR) is 47.4 cm³/mol. The number of hydrogen-bond acceptors (Lipinski definition) is 0. The van der Waals surface area contributed by atoms with Crippen LogP contribution in [0.4, 0.5) is 13.2 Å². The molecule has 0 rings (SSSR count). The third-order valence-electron chi connectivity index (χ3n) is 2.69. The van der Waals surface area contributed by atoms with Crippen LogP contribution in [-0.2, 0) is 0 Å². The van der Waals surface area contributed by atoms with E-state index in [1.54, 1.807) is 0 Å². The van der Waals surface area contributed by atoms with Crippen LogP contribution < -0.4 is 0 Å². The van der Waals surface area contributed by atoms with E-state index in [-0.39, 0.29) is 6.42 Å². The number of hydrogen-bond donors (Lipinski definition) is 0. The van der Waals surface area contributed by atoms with Crippen LogP contribution in [-0.4, -0.2) is 37.3 Å². The molecule has 0 aromatic heterocycles. The van der Waals surface area contributed by atoms with E-state index < -0.39 is 12.6 Å². The maximum atomic E-state index is 11.8. The standard InChI is InChI=1S/C9H19F3N/c1-4-13(3,5-2)8-6-7-9(10,11)12/h4-8H2,1-3H3/q+1. The first-order valence-electron chi connectivity index (χ1n) is 4.73. The summed E-state index contributed by atoms with van der Waals surface area (Å²) in [7, 11) is 2.00. The second kappa shape index (κ2) is 4.84. The van der Waals surface area contributed by atoms with Gasteiger partial charge in [-0.2, -0.15) is 13.2 Å². The molecule has 0 bridgehead atoms. The van der Waals surface area contributed by atoms with E-state index in [0.717, 1.165) is 17.6 Å². The Balaban J connectivity index is 3.74. The fourth-order valence-electron chi connectivity index (χ4n) is 1.20. The van der Waals surface area contributed by atoms with Crippen molar-refractivity contribution < 1.29 is 17.7 Å². The van der Waals surface area contributed by atoms with Gasteiger partial charge in [0.15, 0.2) is 0 Å². The van der Waals surface area contributed by atoms with Crippen LogP contribution in [0.1, 0.15) is 26.7 Å². The van der Waals surface area contributed by atoms with Crippen LogP contribution in [0.2, 0.25) is 0 Å². The first-order chi connectivity index (χ1) is 5.83. The summed E-state index contributed by atoms with van der Waals surface area (Å²) in [6.07, 6.45) is -4.41. The number of halogens is 3. The number of quaternary nitrogens is 1. The summed E-state index contributed by atoms with van der Waals surface area (Å²) in [5, 5.41) is 0. The molecule has 0 spiro atoms. The topological polar surface area (TPSA) is 0 Å². The third kappa shape index (κ3) is 5.91. The van der Waals surface area contributed by atoms with Gasteiger partial charge < -0.3 is 4.48 Å². The molecule has 4 heteroatoms. The molecule has 1 nitrogen and oxygen atoms in total. The Kier molecular flexibility index (Phi) is 4.75. The van der Waals surface area contributed by atoms with Gasteiger partial charge in [0, 0.05) is 12.8 Å². The van der Waals surface area contributed by atoms with Crippen LogP contribution >= 0.6 is 0 Å². The molecule has 0 unspecified atom stereocenters. The Morgan fingerprint density at radius 2 is 1.54 bits per heavy atom. The molecule has 0 aliphatic rings. The molecule has 0 atom stereocenters. The zero-order chi connectivity index (χ0) is 10.5. The Hall–Kier alpha value is -0.250. The molecule has 0 amide bonds. The summed E-state index contributed by atoms with van der Waals surface area (Å²) >= 11 is 0. The highest BCUT2D eigenvalue weighted by Gasteiger charge is 2.28. The maximum Gasteiger partial charge on any atom is 0.389 e. The summed E-state index contributed by atoms with van der Waals surface area (Å²) in [6, 6.07) is 0. The lowest BCUT2D eigenvalue weighted by Crippen LogP contribution is -2.44. The van der Waals surface area contributed by atoms with Gasteiger partial charge in [0.25, 0.3) is 0 Å². The Labute approximate surface area is 78.1 Å². The van der Waals surface area contributed by atoms with Crippen molar-refractivity contribution in [2.45, 2.75) is 32.9 Å². The Bertz CT molecular complexity index is 138. The monoisotopic (exact) mass is 198 g/mol. The van der Waals surface area contributed by atoms with Crippen molar-refractivity contribution in [1.82, 2.24) is 0 Å². The van der Waals surface area contributed by atoms with Gasteiger partial charge in [0.05, 0.1) is 26.7 Å². The fraction of sp³-hybridized carbons (Fsp3) is 1.00. The molecule has 80 valence electrons. The lowest BCUT2D eigenvalue weighted by Gasteiger charge is -2.32. The molecule has 0 radical (unpaired) electrons. The van der Waals surface area contributed by atoms with E-state index >= 15 is 0 Å². The van der Waals surface area contributed by atoms with Crippen LogP contribution in [0, 0.1) is 0 Å². The fourth-order valence-corrected chi connectivity index (χ4v) is 1.20. The number of rotatable bonds is 5. The zero-order valence-corrected chi connectivity index (χ0v) is 8.62. The van der Waals surface area contributed by atoms with Gasteiger partial charge in [-0.15, -0.1) is 0 Å². The highest BCUT2D eigenvalue weighted by atomic mass is 19.4. The molecular weight excluding hydrogens is 179 g/mol. The highest BCUT2D eigenvalue weighted by Crippen LogP contribution is 2.22. The van der Waals surface area contributed by atoms with Gasteiger partial charge in [-0.3, -0.25) is 0 Å². The minimum atomic E-state index is -3.99. The van der Waals surface area contributed by atoms with E-state index in [2.05, 4.69) is 0 Å². The Morgan fingerprint density at radius 3 is 1.85 bits per heavy atom. The molecule has 0 aromatic rings. The van der Waals surface area contributed by atoms with Gasteiger partial charge in [-0.25, -0.2) is 0 Å². The Morgan fingerprint density at radius 1 is 1.08 bits per heavy atom. The van der Waals surface area contributed by atoms with E-state index in [1.807, 2.05) is 20.9 Å². The molecule has 0 saturated heterocycles. The molecule has 0 saturated carbocycles. The van der Waals surface area contributed by atoms with Crippen molar-refractivity contribution in [1.29, 1.82) is 0 Å². The quantitative estimate of drug-likeness (QED) is 0.596. The minimum absolute atomic E-state index is 0.238. The zero-order valence-electron chi connectivity index (χ0n) is 8.62. The average molecular weight is 198 g/mol. The summed E-state index contributed by atoms with van der Waals surface area (Å²) in [5.41, 5.74) is 0. The minimum Gasteiger partial charge on any atom is -0.326 e. The highest BCUT2D eigenvalue weighted by molar-refractivity contribution is 4.50. The number of nitrogens with zero attached hydrogens (tertiary/aromatic N) is 1. The van der Waals surface area contributed by atoms with Gasteiger partial charge in [-0.05, 0) is 13.8 Å². The summed E-state index contributed by atoms with van der Waals surface area (Å²) < 4.78 is 36.2. The van der Waals surface area contributed by atoms with Gasteiger partial charge in [0.1, 0.15) is 0 Å². The summed E-state index contributed by atoms with van der Waals surface area (Å²) in [6.45, 7) is 6.43. The summed E-state index contributed by atoms with van der Waals surface area (Å²) in [5.74, 6) is 0. The molecule has 0 aliphatic heterocycles. The third-order valence-corrected chi connectivity index (χ3v) is 2.69. The van der Waals surface area contributed by atoms with Crippen LogP contribution in [0.25, 0.3) is 0 Å². The van der Waals surface area contributed by atoms with E-state index in [4.69, 9.17) is 0 Å². The SMILES string of the molecule is CC[N+](C)(CC)CCCC(F)(F)F. The average Bonchev–Trinajstić information content (AvgIpc) is 2.02. The molecule has 0 aromatic carbocycles. The van der Waals surface area contributed by atoms with Crippen molar-refractivity contribution in [3.8, 4) is 0 Å². The van der Waals surface area contributed by atoms with Crippen molar-refractivity contribution in [3.63, 3.8) is 0 Å². The van der Waals surface area contributed by atoms with Crippen molar-refractivity contribution in [2.24, 2.45) is 0 Å². The van der Waals surface area contributed by atoms with Crippen LogP contribution in [0.5, 0.6) is 0 Å². The van der Waals surface area contributed by atoms with Crippen LogP contribution in [0.15, 0.2) is 0 Å². The molecule has 0 aliphatic carbocycles. The van der Waals surface area contributed by atoms with Gasteiger partial charge in [-0.1, -0.05) is 0 Å². The van der Waals surface area contributed by atoms with E-state index in [9.17, 15) is 13.2 Å². The lowest BCUT2D eigenvalue weighted by molar-refractivity contribution is -0.906. The lowest BCUT2D eigenvalue weighted by atomic mass is 10.2. The molecule has 13 heavy (non-hydrogen) atoms. The predicted octanol–water partition coefficient (Wildman–Crippen LogP) is 2.82. The smallest absolute Gasteiger partial charge is 0.326 e. The van der Waals surface area contributed by atoms with E-state index in [1.165, 1.54) is 0 Å².